The zero-order valence-corrected chi connectivity index (χ0v) is 11.1. The first-order chi connectivity index (χ1) is 8.93. The van der Waals surface area contributed by atoms with Crippen LogP contribution in [0.4, 0.5) is 10.5 Å². The van der Waals surface area contributed by atoms with Crippen molar-refractivity contribution in [3.05, 3.63) is 28.8 Å². The quantitative estimate of drug-likeness (QED) is 0.661. The number of urea groups is 1. The summed E-state index contributed by atoms with van der Waals surface area (Å²) in [5.74, 6) is -1.21. The van der Waals surface area contributed by atoms with Crippen LogP contribution in [-0.2, 0) is 4.79 Å². The molecule has 0 radical (unpaired) electrons. The number of amides is 2. The smallest absolute Gasteiger partial charge is 0.326 e. The van der Waals surface area contributed by atoms with Crippen LogP contribution >= 0.6 is 11.6 Å². The number of carboxylic acid groups (broad SMARTS) is 1. The fraction of sp³-hybridized carbons (Fsp3) is 0.333. The number of hydrogen-bond acceptors (Lipinski definition) is 3. The molecule has 6 nitrogen and oxygen atoms in total. The number of anilines is 1. The van der Waals surface area contributed by atoms with Gasteiger partial charge in [-0.15, -0.1) is 0 Å². The van der Waals surface area contributed by atoms with Crippen molar-refractivity contribution >= 4 is 29.3 Å². The highest BCUT2D eigenvalue weighted by molar-refractivity contribution is 6.33. The molecule has 0 saturated heterocycles. The van der Waals surface area contributed by atoms with Crippen LogP contribution in [0.25, 0.3) is 0 Å². The molecule has 0 aliphatic rings. The number of carbonyl (C=O) groups is 2. The zero-order chi connectivity index (χ0) is 14.4. The van der Waals surface area contributed by atoms with Crippen LogP contribution in [0, 0.1) is 6.92 Å². The van der Waals surface area contributed by atoms with Gasteiger partial charge in [-0.2, -0.15) is 0 Å². The van der Waals surface area contributed by atoms with Gasteiger partial charge >= 0.3 is 12.0 Å². The van der Waals surface area contributed by atoms with Gasteiger partial charge in [0.25, 0.3) is 0 Å². The average Bonchev–Trinajstić information content (AvgIpc) is 2.33. The first-order valence-electron chi connectivity index (χ1n) is 5.61. The van der Waals surface area contributed by atoms with Crippen molar-refractivity contribution in [3.63, 3.8) is 0 Å². The number of hydrogen-bond donors (Lipinski definition) is 4. The number of rotatable bonds is 5. The molecule has 0 saturated carbocycles. The Hall–Kier alpha value is -1.79. The number of aryl methyl sites for hydroxylation is 1. The molecule has 1 aromatic carbocycles. The maximum absolute atomic E-state index is 11.6. The number of carbonyl (C=O) groups excluding carboxylic acids is 1. The van der Waals surface area contributed by atoms with Gasteiger partial charge < -0.3 is 20.8 Å². The molecule has 1 rings (SSSR count). The van der Waals surface area contributed by atoms with E-state index in [1.165, 1.54) is 0 Å². The Morgan fingerprint density at radius 1 is 1.42 bits per heavy atom. The Kier molecular flexibility index (Phi) is 5.59. The van der Waals surface area contributed by atoms with Crippen LogP contribution in [-0.4, -0.2) is 34.9 Å². The van der Waals surface area contributed by atoms with Gasteiger partial charge in [-0.05, 0) is 24.6 Å². The fourth-order valence-corrected chi connectivity index (χ4v) is 1.60. The van der Waals surface area contributed by atoms with Crippen LogP contribution < -0.4 is 10.6 Å². The van der Waals surface area contributed by atoms with Gasteiger partial charge in [-0.3, -0.25) is 0 Å². The Balaban J connectivity index is 2.68. The monoisotopic (exact) mass is 286 g/mol. The summed E-state index contributed by atoms with van der Waals surface area (Å²) in [5.41, 5.74) is 1.30. The number of aliphatic carboxylic acids is 1. The molecule has 4 N–H and O–H groups in total. The van der Waals surface area contributed by atoms with Gasteiger partial charge in [-0.1, -0.05) is 17.7 Å². The van der Waals surface area contributed by atoms with Crippen molar-refractivity contribution in [1.29, 1.82) is 0 Å². The van der Waals surface area contributed by atoms with E-state index < -0.39 is 18.0 Å². The first kappa shape index (κ1) is 15.3. The predicted octanol–water partition coefficient (Wildman–Crippen LogP) is 1.61. The highest BCUT2D eigenvalue weighted by atomic mass is 35.5. The topological polar surface area (TPSA) is 98.7 Å². The summed E-state index contributed by atoms with van der Waals surface area (Å²) in [5, 5.41) is 22.6. The van der Waals surface area contributed by atoms with E-state index in [-0.39, 0.29) is 13.0 Å². The van der Waals surface area contributed by atoms with E-state index in [9.17, 15) is 9.59 Å². The SMILES string of the molecule is Cc1ccc(Cl)c(NC(=O)N[C@H](CCO)C(=O)O)c1. The lowest BCUT2D eigenvalue weighted by Crippen LogP contribution is -2.43. The summed E-state index contributed by atoms with van der Waals surface area (Å²) in [6.45, 7) is 1.51. The Labute approximate surface area is 115 Å². The lowest BCUT2D eigenvalue weighted by molar-refractivity contribution is -0.139. The van der Waals surface area contributed by atoms with Gasteiger partial charge in [0.05, 0.1) is 10.7 Å². The van der Waals surface area contributed by atoms with Crippen molar-refractivity contribution in [2.75, 3.05) is 11.9 Å². The standard InChI is InChI=1S/C12H15ClN2O4/c1-7-2-3-8(13)10(6-7)15-12(19)14-9(4-5-16)11(17)18/h2-3,6,9,16H,4-5H2,1H3,(H,17,18)(H2,14,15,19)/t9-/m1/s1. The van der Waals surface area contributed by atoms with Gasteiger partial charge in [-0.25, -0.2) is 9.59 Å². The molecule has 0 bridgehead atoms. The average molecular weight is 287 g/mol. The molecule has 1 aromatic rings. The summed E-state index contributed by atoms with van der Waals surface area (Å²) in [4.78, 5) is 22.5. The third-order valence-corrected chi connectivity index (χ3v) is 2.72. The minimum absolute atomic E-state index is 0.0652. The second kappa shape index (κ2) is 6.96. The molecule has 0 spiro atoms. The lowest BCUT2D eigenvalue weighted by atomic mass is 10.2. The maximum atomic E-state index is 11.6. The van der Waals surface area contributed by atoms with Crippen LogP contribution in [0.2, 0.25) is 5.02 Å². The van der Waals surface area contributed by atoms with E-state index >= 15 is 0 Å². The Morgan fingerprint density at radius 3 is 2.68 bits per heavy atom. The van der Waals surface area contributed by atoms with Crippen molar-refractivity contribution in [2.24, 2.45) is 0 Å². The zero-order valence-electron chi connectivity index (χ0n) is 10.3. The third-order valence-electron chi connectivity index (χ3n) is 2.39. The lowest BCUT2D eigenvalue weighted by Gasteiger charge is -2.14. The van der Waals surface area contributed by atoms with Crippen LogP contribution in [0.15, 0.2) is 18.2 Å². The molecular formula is C12H15ClN2O4. The molecule has 0 aromatic heterocycles. The second-order valence-electron chi connectivity index (χ2n) is 3.98. The highest BCUT2D eigenvalue weighted by Crippen LogP contribution is 2.22. The van der Waals surface area contributed by atoms with Gasteiger partial charge in [0.2, 0.25) is 0 Å². The molecule has 7 heteroatoms. The molecule has 0 aliphatic heterocycles. The number of halogens is 1. The maximum Gasteiger partial charge on any atom is 0.326 e. The normalized spacial score (nSPS) is 11.7. The molecule has 2 amide bonds. The number of carboxylic acids is 1. The van der Waals surface area contributed by atoms with Gasteiger partial charge in [0.15, 0.2) is 0 Å². The van der Waals surface area contributed by atoms with Crippen molar-refractivity contribution in [2.45, 2.75) is 19.4 Å². The minimum atomic E-state index is -1.21. The number of aliphatic hydroxyl groups is 1. The van der Waals surface area contributed by atoms with Crippen molar-refractivity contribution < 1.29 is 19.8 Å². The second-order valence-corrected chi connectivity index (χ2v) is 4.39. The molecule has 0 unspecified atom stereocenters. The minimum Gasteiger partial charge on any atom is -0.480 e. The van der Waals surface area contributed by atoms with E-state index in [0.29, 0.717) is 10.7 Å². The van der Waals surface area contributed by atoms with Gasteiger partial charge in [0.1, 0.15) is 6.04 Å². The number of benzene rings is 1. The summed E-state index contributed by atoms with van der Waals surface area (Å²) in [7, 11) is 0. The van der Waals surface area contributed by atoms with E-state index in [4.69, 9.17) is 21.8 Å². The molecule has 0 heterocycles. The summed E-state index contributed by atoms with van der Waals surface area (Å²) >= 11 is 5.90. The molecular weight excluding hydrogens is 272 g/mol. The Bertz CT molecular complexity index is 479. The van der Waals surface area contributed by atoms with E-state index in [2.05, 4.69) is 10.6 Å². The van der Waals surface area contributed by atoms with Crippen LogP contribution in [0.3, 0.4) is 0 Å². The van der Waals surface area contributed by atoms with E-state index in [1.807, 2.05) is 6.92 Å². The number of aliphatic hydroxyl groups excluding tert-OH is 1. The first-order valence-corrected chi connectivity index (χ1v) is 5.99. The summed E-state index contributed by atoms with van der Waals surface area (Å²) < 4.78 is 0. The molecule has 19 heavy (non-hydrogen) atoms. The van der Waals surface area contributed by atoms with Crippen molar-refractivity contribution in [3.8, 4) is 0 Å². The summed E-state index contributed by atoms with van der Waals surface area (Å²) in [6, 6.07) is 3.26. The predicted molar refractivity (Wildman–Crippen MR) is 71.5 cm³/mol. The summed E-state index contributed by atoms with van der Waals surface area (Å²) in [6.07, 6.45) is -0.0652. The Morgan fingerprint density at radius 2 is 2.11 bits per heavy atom. The highest BCUT2D eigenvalue weighted by Gasteiger charge is 2.19. The molecule has 0 fully saturated rings. The van der Waals surface area contributed by atoms with Crippen LogP contribution in [0.5, 0.6) is 0 Å². The van der Waals surface area contributed by atoms with Crippen LogP contribution in [0.1, 0.15) is 12.0 Å². The molecule has 0 aliphatic carbocycles. The largest absolute Gasteiger partial charge is 0.480 e. The fourth-order valence-electron chi connectivity index (χ4n) is 1.44. The van der Waals surface area contributed by atoms with E-state index in [0.717, 1.165) is 5.56 Å². The van der Waals surface area contributed by atoms with Gasteiger partial charge in [0, 0.05) is 13.0 Å². The molecule has 104 valence electrons. The van der Waals surface area contributed by atoms with E-state index in [1.54, 1.807) is 18.2 Å². The van der Waals surface area contributed by atoms with Crippen molar-refractivity contribution in [1.82, 2.24) is 5.32 Å². The third kappa shape index (κ3) is 4.76. The molecule has 1 atom stereocenters. The number of nitrogens with one attached hydrogen (secondary N) is 2.